The van der Waals surface area contributed by atoms with Crippen molar-refractivity contribution in [2.24, 2.45) is 10.8 Å². The van der Waals surface area contributed by atoms with Crippen molar-refractivity contribution in [2.75, 3.05) is 0 Å². The largest absolute Gasteiger partial charge is 0.457 e. The maximum Gasteiger partial charge on any atom is 0.332 e. The first-order valence-electron chi connectivity index (χ1n) is 6.18. The molecule has 5 nitrogen and oxygen atoms in total. The minimum atomic E-state index is -0.717. The van der Waals surface area contributed by atoms with E-state index in [1.165, 1.54) is 12.1 Å². The molecule has 0 fully saturated rings. The Bertz CT molecular complexity index is 652. The normalized spacial score (nSPS) is 11.0. The molecule has 0 aliphatic rings. The average Bonchev–Trinajstić information content (AvgIpc) is 2.48. The summed E-state index contributed by atoms with van der Waals surface area (Å²) in [7, 11) is 0. The van der Waals surface area contributed by atoms with E-state index in [2.05, 4.69) is 10.5 Å². The van der Waals surface area contributed by atoms with Crippen LogP contribution in [0, 0.1) is 5.82 Å². The van der Waals surface area contributed by atoms with Gasteiger partial charge in [-0.15, -0.1) is 0 Å². The van der Waals surface area contributed by atoms with Gasteiger partial charge in [0.1, 0.15) is 17.3 Å². The van der Waals surface area contributed by atoms with Gasteiger partial charge in [-0.2, -0.15) is 5.10 Å². The highest BCUT2D eigenvalue weighted by Crippen LogP contribution is 2.21. The summed E-state index contributed by atoms with van der Waals surface area (Å²) < 4.78 is 18.4. The molecule has 108 valence electrons. The number of benzene rings is 2. The number of amides is 2. The highest BCUT2D eigenvalue weighted by molar-refractivity contribution is 5.99. The molecule has 2 rings (SSSR count). The van der Waals surface area contributed by atoms with Gasteiger partial charge in [0.05, 0.1) is 5.71 Å². The SMILES string of the molecule is C/C(=N\NC(N)=O)c1ccc(Oc2ccc(F)cc2)cc1. The molecule has 0 saturated carbocycles. The van der Waals surface area contributed by atoms with E-state index in [1.807, 2.05) is 0 Å². The molecule has 2 aromatic rings. The summed E-state index contributed by atoms with van der Waals surface area (Å²) in [6.45, 7) is 1.74. The number of rotatable bonds is 4. The zero-order chi connectivity index (χ0) is 15.2. The van der Waals surface area contributed by atoms with E-state index < -0.39 is 6.03 Å². The number of carbonyl (C=O) groups is 1. The van der Waals surface area contributed by atoms with E-state index in [0.29, 0.717) is 17.2 Å². The summed E-state index contributed by atoms with van der Waals surface area (Å²) in [6.07, 6.45) is 0. The predicted octanol–water partition coefficient (Wildman–Crippen LogP) is 3.01. The van der Waals surface area contributed by atoms with Crippen molar-refractivity contribution in [3.05, 3.63) is 59.9 Å². The van der Waals surface area contributed by atoms with E-state index in [0.717, 1.165) is 5.56 Å². The molecule has 0 heterocycles. The van der Waals surface area contributed by atoms with Crippen molar-refractivity contribution in [3.63, 3.8) is 0 Å². The lowest BCUT2D eigenvalue weighted by atomic mass is 10.1. The second-order valence-corrected chi connectivity index (χ2v) is 4.25. The van der Waals surface area contributed by atoms with Crippen molar-refractivity contribution < 1.29 is 13.9 Å². The summed E-state index contributed by atoms with van der Waals surface area (Å²) in [5.74, 6) is 0.845. The number of carbonyl (C=O) groups excluding carboxylic acids is 1. The van der Waals surface area contributed by atoms with Crippen LogP contribution >= 0.6 is 0 Å². The highest BCUT2D eigenvalue weighted by Gasteiger charge is 2.01. The van der Waals surface area contributed by atoms with Crippen molar-refractivity contribution in [1.82, 2.24) is 5.43 Å². The fourth-order valence-electron chi connectivity index (χ4n) is 1.61. The number of hydrogen-bond donors (Lipinski definition) is 2. The van der Waals surface area contributed by atoms with Gasteiger partial charge >= 0.3 is 6.03 Å². The number of primary amides is 1. The highest BCUT2D eigenvalue weighted by atomic mass is 19.1. The smallest absolute Gasteiger partial charge is 0.332 e. The van der Waals surface area contributed by atoms with E-state index >= 15 is 0 Å². The Balaban J connectivity index is 2.06. The van der Waals surface area contributed by atoms with Gasteiger partial charge in [-0.25, -0.2) is 14.6 Å². The minimum absolute atomic E-state index is 0.313. The van der Waals surface area contributed by atoms with Crippen LogP contribution in [0.25, 0.3) is 0 Å². The predicted molar refractivity (Wildman–Crippen MR) is 77.8 cm³/mol. The van der Waals surface area contributed by atoms with Crippen LogP contribution < -0.4 is 15.9 Å². The van der Waals surface area contributed by atoms with Gasteiger partial charge in [-0.05, 0) is 61.0 Å². The van der Waals surface area contributed by atoms with Crippen LogP contribution in [-0.2, 0) is 0 Å². The monoisotopic (exact) mass is 287 g/mol. The van der Waals surface area contributed by atoms with Crippen LogP contribution in [-0.4, -0.2) is 11.7 Å². The molecule has 0 bridgehead atoms. The molecule has 2 amide bonds. The van der Waals surface area contributed by atoms with Gasteiger partial charge in [0.15, 0.2) is 0 Å². The number of nitrogens with zero attached hydrogens (tertiary/aromatic N) is 1. The molecule has 0 aliphatic heterocycles. The molecule has 2 aromatic carbocycles. The topological polar surface area (TPSA) is 76.7 Å². The lowest BCUT2D eigenvalue weighted by Crippen LogP contribution is -2.25. The van der Waals surface area contributed by atoms with Crippen molar-refractivity contribution >= 4 is 11.7 Å². The van der Waals surface area contributed by atoms with Gasteiger partial charge in [0.2, 0.25) is 0 Å². The summed E-state index contributed by atoms with van der Waals surface area (Å²) >= 11 is 0. The molecule has 0 spiro atoms. The van der Waals surface area contributed by atoms with Crippen LogP contribution in [0.1, 0.15) is 12.5 Å². The maximum absolute atomic E-state index is 12.8. The Morgan fingerprint density at radius 2 is 1.62 bits per heavy atom. The fourth-order valence-corrected chi connectivity index (χ4v) is 1.61. The number of hydrazone groups is 1. The average molecular weight is 287 g/mol. The first-order valence-corrected chi connectivity index (χ1v) is 6.18. The van der Waals surface area contributed by atoms with E-state index in [-0.39, 0.29) is 5.82 Å². The Morgan fingerprint density at radius 3 is 2.14 bits per heavy atom. The Labute approximate surface area is 121 Å². The van der Waals surface area contributed by atoms with Crippen LogP contribution in [0.3, 0.4) is 0 Å². The number of halogens is 1. The Hall–Kier alpha value is -2.89. The number of ether oxygens (including phenoxy) is 1. The van der Waals surface area contributed by atoms with Crippen molar-refractivity contribution in [1.29, 1.82) is 0 Å². The molecular weight excluding hydrogens is 273 g/mol. The Kier molecular flexibility index (Phi) is 4.50. The van der Waals surface area contributed by atoms with Crippen LogP contribution in [0.4, 0.5) is 9.18 Å². The lowest BCUT2D eigenvalue weighted by molar-refractivity contribution is 0.249. The van der Waals surface area contributed by atoms with Crippen LogP contribution in [0.5, 0.6) is 11.5 Å². The first kappa shape index (κ1) is 14.5. The van der Waals surface area contributed by atoms with E-state index in [1.54, 1.807) is 43.3 Å². The quantitative estimate of drug-likeness (QED) is 0.670. The zero-order valence-electron chi connectivity index (χ0n) is 11.3. The third-order valence-electron chi connectivity index (χ3n) is 2.66. The minimum Gasteiger partial charge on any atom is -0.457 e. The Morgan fingerprint density at radius 1 is 1.10 bits per heavy atom. The lowest BCUT2D eigenvalue weighted by Gasteiger charge is -2.07. The summed E-state index contributed by atoms with van der Waals surface area (Å²) in [4.78, 5) is 10.6. The molecule has 0 radical (unpaired) electrons. The van der Waals surface area contributed by atoms with Crippen molar-refractivity contribution in [2.45, 2.75) is 6.92 Å². The molecule has 6 heteroatoms. The molecule has 0 atom stereocenters. The first-order chi connectivity index (χ1) is 10.0. The van der Waals surface area contributed by atoms with Gasteiger partial charge in [-0.1, -0.05) is 0 Å². The standard InChI is InChI=1S/C15H14FN3O2/c1-10(18-19-15(17)20)11-2-6-13(7-3-11)21-14-8-4-12(16)5-9-14/h2-9H,1H3,(H3,17,19,20)/b18-10+. The molecule has 0 saturated heterocycles. The third-order valence-corrected chi connectivity index (χ3v) is 2.66. The second-order valence-electron chi connectivity index (χ2n) is 4.25. The van der Waals surface area contributed by atoms with Crippen LogP contribution in [0.15, 0.2) is 53.6 Å². The maximum atomic E-state index is 12.8. The number of nitrogens with one attached hydrogen (secondary N) is 1. The number of hydrogen-bond acceptors (Lipinski definition) is 3. The molecule has 3 N–H and O–H groups in total. The molecule has 21 heavy (non-hydrogen) atoms. The number of urea groups is 1. The molecule has 0 aromatic heterocycles. The van der Waals surface area contributed by atoms with E-state index in [4.69, 9.17) is 10.5 Å². The molecular formula is C15H14FN3O2. The van der Waals surface area contributed by atoms with Gasteiger partial charge in [0.25, 0.3) is 0 Å². The van der Waals surface area contributed by atoms with Crippen molar-refractivity contribution in [3.8, 4) is 11.5 Å². The summed E-state index contributed by atoms with van der Waals surface area (Å²) in [5, 5.41) is 3.83. The molecule has 0 unspecified atom stereocenters. The van der Waals surface area contributed by atoms with Gasteiger partial charge < -0.3 is 10.5 Å². The fraction of sp³-hybridized carbons (Fsp3) is 0.0667. The van der Waals surface area contributed by atoms with E-state index in [9.17, 15) is 9.18 Å². The van der Waals surface area contributed by atoms with Gasteiger partial charge in [0, 0.05) is 0 Å². The summed E-state index contributed by atoms with van der Waals surface area (Å²) in [5.41, 5.74) is 8.53. The number of nitrogens with two attached hydrogens (primary N) is 1. The zero-order valence-corrected chi connectivity index (χ0v) is 11.3. The summed E-state index contributed by atoms with van der Waals surface area (Å²) in [6, 6.07) is 12.1. The second kappa shape index (κ2) is 6.51. The van der Waals surface area contributed by atoms with Crippen LogP contribution in [0.2, 0.25) is 0 Å². The molecule has 0 aliphatic carbocycles. The van der Waals surface area contributed by atoms with Gasteiger partial charge in [-0.3, -0.25) is 0 Å². The third kappa shape index (κ3) is 4.31.